The Kier molecular flexibility index (Phi) is 22.9. The first-order chi connectivity index (χ1) is 36.8. The van der Waals surface area contributed by atoms with Crippen LogP contribution in [-0.4, -0.2) is 107 Å². The van der Waals surface area contributed by atoms with Crippen molar-refractivity contribution in [2.75, 3.05) is 13.7 Å². The van der Waals surface area contributed by atoms with Gasteiger partial charge in [-0.25, -0.2) is 0 Å². The third kappa shape index (κ3) is 18.2. The third-order valence-electron chi connectivity index (χ3n) is 12.8. The maximum atomic E-state index is 15.1. The zero-order chi connectivity index (χ0) is 56.0. The van der Waals surface area contributed by atoms with Crippen molar-refractivity contribution >= 4 is 58.3 Å². The van der Waals surface area contributed by atoms with Crippen LogP contribution in [0.25, 0.3) is 10.9 Å². The molecule has 5 unspecified atom stereocenters. The van der Waals surface area contributed by atoms with E-state index in [1.54, 1.807) is 27.0 Å². The van der Waals surface area contributed by atoms with Gasteiger partial charge in [0.25, 0.3) is 0 Å². The SMILES string of the molecule is CCCCCCCCCC(=O)NC(Cc1c[nH]c2ccccc12)C(=O)NC(CC(=O)NC(c1ccccc1)(c1ccccc1)c1ccccc1)C(=O)NC(CC(=O)OC(C)(C)C)C(=O)NC(C(=O)NCC(=O)OC)C(C)O. The van der Waals surface area contributed by atoms with Gasteiger partial charge in [-0.3, -0.25) is 38.4 Å². The molecule has 5 rings (SSSR count). The average Bonchev–Trinajstić information content (AvgIpc) is 3.83. The quantitative estimate of drug-likeness (QED) is 0.0164. The normalized spacial score (nSPS) is 13.4. The molecule has 0 aliphatic rings. The van der Waals surface area contributed by atoms with Crippen LogP contribution < -0.4 is 31.9 Å². The van der Waals surface area contributed by atoms with Crippen molar-refractivity contribution in [3.05, 3.63) is 144 Å². The van der Waals surface area contributed by atoms with E-state index in [-0.39, 0.29) is 12.8 Å². The summed E-state index contributed by atoms with van der Waals surface area (Å²) in [6, 6.07) is 28.4. The predicted molar refractivity (Wildman–Crippen MR) is 291 cm³/mol. The number of aliphatic hydroxyl groups excluding tert-OH is 1. The Hall–Kier alpha value is -7.86. The molecule has 412 valence electrons. The Balaban J connectivity index is 1.56. The van der Waals surface area contributed by atoms with Crippen LogP contribution in [0.1, 0.15) is 121 Å². The number of rotatable bonds is 29. The standard InChI is InChI=1S/C59H75N7O11/c1-7-8-9-10-11-12-22-33-49(68)62-46(34-40-37-60-45-32-24-23-31-44(40)45)54(72)63-47(35-50(69)66-59(41-25-16-13-17-26-41,42-27-18-14-19-28-42)43-29-20-15-21-30-43)55(73)64-48(36-51(70)77-58(3,4)5)56(74)65-53(39(2)67)57(75)61-38-52(71)76-6/h13-21,23-32,37,39,46-48,53,60,67H,7-12,22,33-36,38H2,1-6H3,(H,61,75)(H,62,68)(H,63,72)(H,64,73)(H,65,74)(H,66,69). The van der Waals surface area contributed by atoms with Gasteiger partial charge in [0.1, 0.15) is 41.9 Å². The number of esters is 2. The number of carbonyl (C=O) groups is 8. The number of methoxy groups -OCH3 is 1. The molecule has 5 aromatic rings. The lowest BCUT2D eigenvalue weighted by molar-refractivity contribution is -0.157. The van der Waals surface area contributed by atoms with E-state index >= 15 is 9.59 Å². The Morgan fingerprint density at radius 1 is 0.584 bits per heavy atom. The minimum Gasteiger partial charge on any atom is -0.468 e. The molecule has 77 heavy (non-hydrogen) atoms. The number of amides is 6. The number of H-pyrrole nitrogens is 1. The summed E-state index contributed by atoms with van der Waals surface area (Å²) in [5.74, 6) is -6.95. The van der Waals surface area contributed by atoms with E-state index in [9.17, 15) is 33.9 Å². The molecule has 1 aromatic heterocycles. The molecule has 0 spiro atoms. The molecule has 0 fully saturated rings. The van der Waals surface area contributed by atoms with Crippen LogP contribution in [-0.2, 0) is 59.8 Å². The van der Waals surface area contributed by atoms with Gasteiger partial charge in [-0.1, -0.05) is 155 Å². The van der Waals surface area contributed by atoms with E-state index in [0.717, 1.165) is 56.5 Å². The lowest BCUT2D eigenvalue weighted by Gasteiger charge is -2.37. The molecule has 0 saturated heterocycles. The molecule has 1 heterocycles. The zero-order valence-corrected chi connectivity index (χ0v) is 44.9. The van der Waals surface area contributed by atoms with Crippen LogP contribution >= 0.6 is 0 Å². The predicted octanol–water partition coefficient (Wildman–Crippen LogP) is 5.69. The first-order valence-corrected chi connectivity index (χ1v) is 26.3. The second kappa shape index (κ2) is 29.4. The van der Waals surface area contributed by atoms with Gasteiger partial charge in [-0.15, -0.1) is 0 Å². The van der Waals surface area contributed by atoms with Gasteiger partial charge in [0.2, 0.25) is 35.4 Å². The molecule has 0 aliphatic heterocycles. The highest BCUT2D eigenvalue weighted by atomic mass is 16.6. The minimum atomic E-state index is -1.84. The monoisotopic (exact) mass is 1060 g/mol. The maximum absolute atomic E-state index is 15.1. The Morgan fingerprint density at radius 3 is 1.64 bits per heavy atom. The average molecular weight is 1060 g/mol. The van der Waals surface area contributed by atoms with Crippen LogP contribution in [0.15, 0.2) is 121 Å². The molecule has 0 aliphatic carbocycles. The highest BCUT2D eigenvalue weighted by Gasteiger charge is 2.40. The first-order valence-electron chi connectivity index (χ1n) is 26.3. The van der Waals surface area contributed by atoms with E-state index in [1.807, 2.05) is 115 Å². The summed E-state index contributed by atoms with van der Waals surface area (Å²) in [6.07, 6.45) is 5.50. The maximum Gasteiger partial charge on any atom is 0.325 e. The number of unbranched alkanes of at least 4 members (excludes halogenated alkanes) is 6. The van der Waals surface area contributed by atoms with Gasteiger partial charge < -0.3 is 51.5 Å². The number of nitrogens with one attached hydrogen (secondary N) is 7. The summed E-state index contributed by atoms with van der Waals surface area (Å²) in [7, 11) is 1.11. The van der Waals surface area contributed by atoms with Gasteiger partial charge in [0.05, 0.1) is 26.1 Å². The highest BCUT2D eigenvalue weighted by Crippen LogP contribution is 2.37. The van der Waals surface area contributed by atoms with Crippen molar-refractivity contribution in [1.29, 1.82) is 0 Å². The number of fused-ring (bicyclic) bond motifs is 1. The van der Waals surface area contributed by atoms with E-state index in [2.05, 4.69) is 48.5 Å². The van der Waals surface area contributed by atoms with E-state index in [1.165, 1.54) is 6.92 Å². The fourth-order valence-electron chi connectivity index (χ4n) is 8.98. The van der Waals surface area contributed by atoms with Crippen molar-refractivity contribution in [3.63, 3.8) is 0 Å². The summed E-state index contributed by atoms with van der Waals surface area (Å²) in [4.78, 5) is 115. The molecule has 0 saturated carbocycles. The number of ether oxygens (including phenoxy) is 2. The van der Waals surface area contributed by atoms with Gasteiger partial charge in [0, 0.05) is 29.9 Å². The van der Waals surface area contributed by atoms with Gasteiger partial charge in [-0.2, -0.15) is 0 Å². The molecule has 6 amide bonds. The van der Waals surface area contributed by atoms with Crippen LogP contribution in [0.5, 0.6) is 0 Å². The fraction of sp³-hybridized carbons (Fsp3) is 0.424. The number of para-hydroxylation sites is 1. The van der Waals surface area contributed by atoms with Gasteiger partial charge >= 0.3 is 11.9 Å². The lowest BCUT2D eigenvalue weighted by atomic mass is 9.77. The number of hydrogen-bond acceptors (Lipinski definition) is 11. The largest absolute Gasteiger partial charge is 0.468 e. The van der Waals surface area contributed by atoms with Crippen LogP contribution in [0, 0.1) is 0 Å². The number of carbonyl (C=O) groups excluding carboxylic acids is 8. The number of aliphatic hydroxyl groups is 1. The van der Waals surface area contributed by atoms with Gasteiger partial charge in [-0.05, 0) is 62.4 Å². The molecule has 0 bridgehead atoms. The van der Waals surface area contributed by atoms with Crippen molar-refractivity contribution in [3.8, 4) is 0 Å². The summed E-state index contributed by atoms with van der Waals surface area (Å²) in [5, 5.41) is 27.4. The second-order valence-electron chi connectivity index (χ2n) is 20.1. The Labute approximate surface area is 450 Å². The van der Waals surface area contributed by atoms with E-state index in [4.69, 9.17) is 4.74 Å². The molecular weight excluding hydrogens is 983 g/mol. The first kappa shape index (κ1) is 60.0. The summed E-state index contributed by atoms with van der Waals surface area (Å²) < 4.78 is 10.1. The topological polar surface area (TPSA) is 263 Å². The van der Waals surface area contributed by atoms with Crippen LogP contribution in [0.2, 0.25) is 0 Å². The molecule has 4 aromatic carbocycles. The lowest BCUT2D eigenvalue weighted by Crippen LogP contribution is -2.61. The molecule has 18 nitrogen and oxygen atoms in total. The molecule has 8 N–H and O–H groups in total. The molecule has 5 atom stereocenters. The van der Waals surface area contributed by atoms with E-state index in [0.29, 0.717) is 28.7 Å². The highest BCUT2D eigenvalue weighted by molar-refractivity contribution is 5.99. The second-order valence-corrected chi connectivity index (χ2v) is 20.1. The number of aromatic nitrogens is 1. The number of benzene rings is 4. The van der Waals surface area contributed by atoms with Crippen LogP contribution in [0.4, 0.5) is 0 Å². The molecule has 18 heteroatoms. The zero-order valence-electron chi connectivity index (χ0n) is 44.9. The third-order valence-corrected chi connectivity index (χ3v) is 12.8. The smallest absolute Gasteiger partial charge is 0.325 e. The van der Waals surface area contributed by atoms with Gasteiger partial charge in [0.15, 0.2) is 0 Å². The summed E-state index contributed by atoms with van der Waals surface area (Å²) in [5.41, 5.74) is 1.05. The van der Waals surface area contributed by atoms with E-state index < -0.39 is 108 Å². The summed E-state index contributed by atoms with van der Waals surface area (Å²) in [6.45, 7) is 7.53. The molecular formula is C59H75N7O11. The fourth-order valence-corrected chi connectivity index (χ4v) is 8.98. The number of hydrogen-bond donors (Lipinski definition) is 8. The van der Waals surface area contributed by atoms with Crippen molar-refractivity contribution < 1.29 is 52.9 Å². The Bertz CT molecular complexity index is 2650. The van der Waals surface area contributed by atoms with Crippen LogP contribution in [0.3, 0.4) is 0 Å². The minimum absolute atomic E-state index is 0.0271. The van der Waals surface area contributed by atoms with Crippen molar-refractivity contribution in [2.24, 2.45) is 0 Å². The summed E-state index contributed by atoms with van der Waals surface area (Å²) >= 11 is 0. The van der Waals surface area contributed by atoms with Crippen molar-refractivity contribution in [1.82, 2.24) is 36.9 Å². The number of aromatic amines is 1. The Morgan fingerprint density at radius 2 is 1.09 bits per heavy atom. The molecule has 0 radical (unpaired) electrons. The van der Waals surface area contributed by atoms with Crippen molar-refractivity contribution in [2.45, 2.75) is 147 Å².